The molecule has 2 aliphatic rings. The van der Waals surface area contributed by atoms with Crippen LogP contribution < -0.4 is 10.9 Å². The Morgan fingerprint density at radius 2 is 1.96 bits per heavy atom. The Labute approximate surface area is 169 Å². The second-order valence-electron chi connectivity index (χ2n) is 7.11. The average molecular weight is 410 g/mol. The van der Waals surface area contributed by atoms with Gasteiger partial charge in [0.05, 0.1) is 21.7 Å². The van der Waals surface area contributed by atoms with Gasteiger partial charge < -0.3 is 15.0 Å². The number of hydrogen-bond acceptors (Lipinski definition) is 5. The van der Waals surface area contributed by atoms with Crippen molar-refractivity contribution in [3.63, 3.8) is 0 Å². The van der Waals surface area contributed by atoms with E-state index in [1.807, 2.05) is 23.9 Å². The molecule has 4 rings (SSSR count). The Morgan fingerprint density at radius 1 is 1.22 bits per heavy atom. The van der Waals surface area contributed by atoms with Crippen LogP contribution in [0.3, 0.4) is 0 Å². The van der Waals surface area contributed by atoms with Crippen molar-refractivity contribution in [3.8, 4) is 0 Å². The highest BCUT2D eigenvalue weighted by molar-refractivity contribution is 7.99. The van der Waals surface area contributed by atoms with Crippen LogP contribution in [0.1, 0.15) is 51.8 Å². The molecule has 0 amide bonds. The summed E-state index contributed by atoms with van der Waals surface area (Å²) in [7, 11) is 0. The van der Waals surface area contributed by atoms with Crippen molar-refractivity contribution in [3.05, 3.63) is 33.3 Å². The zero-order chi connectivity index (χ0) is 17.9. The molecule has 0 spiro atoms. The first kappa shape index (κ1) is 20.5. The zero-order valence-corrected chi connectivity index (χ0v) is 16.3. The summed E-state index contributed by atoms with van der Waals surface area (Å²) in [6.07, 6.45) is 7.03. The Bertz CT molecular complexity index is 830. The van der Waals surface area contributed by atoms with Crippen LogP contribution in [0, 0.1) is 0 Å². The molecule has 27 heavy (non-hydrogen) atoms. The van der Waals surface area contributed by atoms with Gasteiger partial charge in [0, 0.05) is 30.2 Å². The maximum Gasteiger partial charge on any atom is 0.260 e. The van der Waals surface area contributed by atoms with E-state index in [2.05, 4.69) is 15.3 Å². The summed E-state index contributed by atoms with van der Waals surface area (Å²) in [5, 5.41) is 5.05. The third-order valence-electron chi connectivity index (χ3n) is 5.16. The van der Waals surface area contributed by atoms with Gasteiger partial charge in [0.1, 0.15) is 5.82 Å². The maximum absolute atomic E-state index is 12.5. The van der Waals surface area contributed by atoms with Gasteiger partial charge in [0.2, 0.25) is 0 Å². The van der Waals surface area contributed by atoms with Gasteiger partial charge >= 0.3 is 0 Å². The molecule has 2 fully saturated rings. The van der Waals surface area contributed by atoms with E-state index in [0.29, 0.717) is 38.8 Å². The van der Waals surface area contributed by atoms with Crippen LogP contribution in [0.2, 0.25) is 5.02 Å². The fraction of sp³-hybridized carbons (Fsp3) is 0.600. The first-order chi connectivity index (χ1) is 12.7. The molecule has 1 saturated carbocycles. The summed E-state index contributed by atoms with van der Waals surface area (Å²) in [5.41, 5.74) is 1.47. The van der Waals surface area contributed by atoms with Gasteiger partial charge in [0.25, 0.3) is 5.56 Å². The summed E-state index contributed by atoms with van der Waals surface area (Å²) in [4.78, 5) is 20.1. The molecule has 0 unspecified atom stereocenters. The van der Waals surface area contributed by atoms with E-state index < -0.39 is 0 Å². The molecule has 5 nitrogen and oxygen atoms in total. The number of aromatic amines is 1. The average Bonchev–Trinajstić information content (AvgIpc) is 3.13. The lowest BCUT2D eigenvalue weighted by molar-refractivity contribution is 0.1000. The molecule has 1 aromatic carbocycles. The Morgan fingerprint density at radius 3 is 2.70 bits per heavy atom. The number of anilines is 1. The lowest BCUT2D eigenvalue weighted by Crippen LogP contribution is -2.18. The van der Waals surface area contributed by atoms with Gasteiger partial charge in [-0.2, -0.15) is 11.8 Å². The summed E-state index contributed by atoms with van der Waals surface area (Å²) in [5.74, 6) is 1.42. The molecular weight excluding hydrogens is 382 g/mol. The Balaban J connectivity index is 0.00000210. The van der Waals surface area contributed by atoms with Crippen LogP contribution in [-0.2, 0) is 10.5 Å². The van der Waals surface area contributed by atoms with Gasteiger partial charge in [-0.15, -0.1) is 0 Å². The predicted molar refractivity (Wildman–Crippen MR) is 115 cm³/mol. The number of ether oxygens (including phenoxy) is 1. The van der Waals surface area contributed by atoms with Crippen LogP contribution >= 0.6 is 23.4 Å². The second-order valence-corrected chi connectivity index (χ2v) is 8.81. The number of nitrogens with one attached hydrogen (secondary N) is 2. The normalized spacial score (nSPS) is 18.6. The number of rotatable bonds is 5. The number of fused-ring (bicyclic) bond motifs is 1. The minimum absolute atomic E-state index is 0. The van der Waals surface area contributed by atoms with Crippen LogP contribution in [0.5, 0.6) is 0 Å². The van der Waals surface area contributed by atoms with Crippen molar-refractivity contribution in [1.29, 1.82) is 0 Å². The molecule has 0 radical (unpaired) electrons. The highest BCUT2D eigenvalue weighted by Gasteiger charge is 2.18. The zero-order valence-electron chi connectivity index (χ0n) is 14.7. The fourth-order valence-corrected chi connectivity index (χ4v) is 5.13. The molecule has 7 heteroatoms. The van der Waals surface area contributed by atoms with E-state index in [-0.39, 0.29) is 13.0 Å². The fourth-order valence-electron chi connectivity index (χ4n) is 3.77. The third-order valence-corrected chi connectivity index (χ3v) is 6.84. The number of thioether (sulfide) groups is 1. The van der Waals surface area contributed by atoms with Gasteiger partial charge in [0.15, 0.2) is 0 Å². The van der Waals surface area contributed by atoms with E-state index in [1.54, 1.807) is 0 Å². The van der Waals surface area contributed by atoms with Crippen molar-refractivity contribution < 1.29 is 4.74 Å². The lowest BCUT2D eigenvalue weighted by atomic mass is 10.2. The van der Waals surface area contributed by atoms with Crippen LogP contribution in [0.4, 0.5) is 5.69 Å². The predicted octanol–water partition coefficient (Wildman–Crippen LogP) is 4.98. The molecule has 2 heterocycles. The van der Waals surface area contributed by atoms with Crippen LogP contribution in [0.15, 0.2) is 16.9 Å². The van der Waals surface area contributed by atoms with Crippen molar-refractivity contribution >= 4 is 40.0 Å². The van der Waals surface area contributed by atoms with Gasteiger partial charge in [-0.05, 0) is 37.8 Å². The van der Waals surface area contributed by atoms with Crippen LogP contribution in [-0.4, -0.2) is 34.5 Å². The summed E-state index contributed by atoms with van der Waals surface area (Å²) in [6.45, 7) is 1.65. The van der Waals surface area contributed by atoms with Gasteiger partial charge in [-0.1, -0.05) is 31.9 Å². The maximum atomic E-state index is 12.5. The number of halogens is 1. The number of nitrogens with zero attached hydrogens (tertiary/aromatic N) is 1. The van der Waals surface area contributed by atoms with Gasteiger partial charge in [-0.3, -0.25) is 4.79 Å². The van der Waals surface area contributed by atoms with E-state index in [1.165, 1.54) is 25.7 Å². The first-order valence-electron chi connectivity index (χ1n) is 9.37. The molecule has 1 aromatic heterocycles. The smallest absolute Gasteiger partial charge is 0.260 e. The topological polar surface area (TPSA) is 67.0 Å². The number of aromatic nitrogens is 2. The monoisotopic (exact) mass is 409 g/mol. The molecular formula is C20H28ClN3O2S. The summed E-state index contributed by atoms with van der Waals surface area (Å²) < 4.78 is 5.40. The minimum atomic E-state index is -0.157. The molecule has 148 valence electrons. The quantitative estimate of drug-likeness (QED) is 0.728. The number of hydrogen-bond donors (Lipinski definition) is 2. The summed E-state index contributed by atoms with van der Waals surface area (Å²) in [6, 6.07) is 4.29. The second kappa shape index (κ2) is 9.30. The van der Waals surface area contributed by atoms with Gasteiger partial charge in [-0.25, -0.2) is 4.98 Å². The standard InChI is InChI=1S/C19H24ClN3O2S.CH4/c20-15-9-13(21-12-3-1-2-4-12)10-16-18(15)19(24)23-17(22-16)11-26-14-5-7-25-8-6-14;/h9-10,12,14,21H,1-8,11H2,(H,22,23,24);1H4. The molecule has 2 aromatic rings. The van der Waals surface area contributed by atoms with Crippen molar-refractivity contribution in [2.75, 3.05) is 18.5 Å². The first-order valence-corrected chi connectivity index (χ1v) is 10.8. The Hall–Kier alpha value is -1.24. The van der Waals surface area contributed by atoms with E-state index in [4.69, 9.17) is 16.3 Å². The lowest BCUT2D eigenvalue weighted by Gasteiger charge is -2.21. The highest BCUT2D eigenvalue weighted by Crippen LogP contribution is 2.29. The van der Waals surface area contributed by atoms with Crippen molar-refractivity contribution in [1.82, 2.24) is 9.97 Å². The van der Waals surface area contributed by atoms with Crippen LogP contribution in [0.25, 0.3) is 10.9 Å². The SMILES string of the molecule is C.O=c1[nH]c(CSC2CCOCC2)nc2cc(NC3CCCC3)cc(Cl)c12. The van der Waals surface area contributed by atoms with E-state index in [9.17, 15) is 4.79 Å². The molecule has 2 N–H and O–H groups in total. The molecule has 1 aliphatic carbocycles. The molecule has 1 saturated heterocycles. The molecule has 0 atom stereocenters. The molecule has 0 bridgehead atoms. The summed E-state index contributed by atoms with van der Waals surface area (Å²) >= 11 is 8.23. The number of benzene rings is 1. The largest absolute Gasteiger partial charge is 0.382 e. The minimum Gasteiger partial charge on any atom is -0.382 e. The number of H-pyrrole nitrogens is 1. The van der Waals surface area contributed by atoms with E-state index >= 15 is 0 Å². The van der Waals surface area contributed by atoms with Crippen molar-refractivity contribution in [2.45, 2.75) is 63.0 Å². The third kappa shape index (κ3) is 4.98. The highest BCUT2D eigenvalue weighted by atomic mass is 35.5. The molecule has 1 aliphatic heterocycles. The van der Waals surface area contributed by atoms with E-state index in [0.717, 1.165) is 31.7 Å². The van der Waals surface area contributed by atoms with Crippen molar-refractivity contribution in [2.24, 2.45) is 0 Å². The Kier molecular flexibility index (Phi) is 7.06.